The zero-order chi connectivity index (χ0) is 54.8. The van der Waals surface area contributed by atoms with Crippen LogP contribution in [0.25, 0.3) is 55.3 Å². The molecule has 11 aromatic rings. The number of furan rings is 1. The summed E-state index contributed by atoms with van der Waals surface area (Å²) >= 11 is 0. The standard InChI is InChI=1S/C76H72BN3O/c1-5-9-21-53-31-38-60(39-32-53)78(61-40-33-54(34-41-61)22-10-6-2)63-44-48-71-67(52-63)68-50-59(57-25-15-13-16-26-57)51-72-74(68)77(80(71)62-42-35-55(36-43-62)23-11-7-3)69-46-45-65-64-29-19-20-30-73(64)81-76(65)75(69)79(72)70-47-37-56(24-12-8-4)49-66(70)58-27-17-14-18-28-58/h13-20,25-52H,5-12,21-24H2,1-4H3. The second-order valence-corrected chi connectivity index (χ2v) is 22.6. The van der Waals surface area contributed by atoms with E-state index in [0.29, 0.717) is 0 Å². The molecule has 3 heterocycles. The van der Waals surface area contributed by atoms with Gasteiger partial charge in [0.2, 0.25) is 0 Å². The summed E-state index contributed by atoms with van der Waals surface area (Å²) in [5.74, 6) is 0. The number of hydrogen-bond acceptors (Lipinski definition) is 4. The number of fused-ring (bicyclic) bond motifs is 8. The molecule has 10 aromatic carbocycles. The average Bonchev–Trinajstić information content (AvgIpc) is 3.46. The largest absolute Gasteiger partial charge is 0.454 e. The Bertz CT molecular complexity index is 3940. The van der Waals surface area contributed by atoms with Crippen LogP contribution in [-0.2, 0) is 25.7 Å². The van der Waals surface area contributed by atoms with Gasteiger partial charge in [0, 0.05) is 56.0 Å². The topological polar surface area (TPSA) is 22.9 Å². The van der Waals surface area contributed by atoms with E-state index in [-0.39, 0.29) is 6.85 Å². The zero-order valence-electron chi connectivity index (χ0n) is 47.6. The molecule has 2 aliphatic rings. The maximum absolute atomic E-state index is 7.27. The van der Waals surface area contributed by atoms with Gasteiger partial charge in [0.05, 0.1) is 11.4 Å². The first-order valence-corrected chi connectivity index (χ1v) is 30.2. The maximum Gasteiger partial charge on any atom is 0.333 e. The summed E-state index contributed by atoms with van der Waals surface area (Å²) < 4.78 is 7.27. The normalized spacial score (nSPS) is 12.5. The number of aryl methyl sites for hydroxylation is 4. The summed E-state index contributed by atoms with van der Waals surface area (Å²) in [7, 11) is 0. The summed E-state index contributed by atoms with van der Waals surface area (Å²) in [6.45, 7) is 8.91. The molecule has 81 heavy (non-hydrogen) atoms. The first-order chi connectivity index (χ1) is 40.0. The van der Waals surface area contributed by atoms with Crippen LogP contribution in [0.3, 0.4) is 0 Å². The van der Waals surface area contributed by atoms with E-state index in [1.54, 1.807) is 0 Å². The van der Waals surface area contributed by atoms with Crippen LogP contribution in [0.4, 0.5) is 45.5 Å². The van der Waals surface area contributed by atoms with E-state index in [1.165, 1.54) is 104 Å². The van der Waals surface area contributed by atoms with Crippen molar-refractivity contribution >= 4 is 85.2 Å². The van der Waals surface area contributed by atoms with Crippen LogP contribution in [0, 0.1) is 0 Å². The zero-order valence-corrected chi connectivity index (χ0v) is 47.6. The summed E-state index contributed by atoms with van der Waals surface area (Å²) in [6.07, 6.45) is 13.6. The molecule has 400 valence electrons. The van der Waals surface area contributed by atoms with Crippen molar-refractivity contribution in [3.63, 3.8) is 0 Å². The molecule has 0 atom stereocenters. The minimum Gasteiger partial charge on any atom is -0.454 e. The second-order valence-electron chi connectivity index (χ2n) is 22.6. The molecule has 0 bridgehead atoms. The van der Waals surface area contributed by atoms with Crippen LogP contribution in [0.15, 0.2) is 223 Å². The van der Waals surface area contributed by atoms with Crippen LogP contribution >= 0.6 is 0 Å². The van der Waals surface area contributed by atoms with Gasteiger partial charge in [0.1, 0.15) is 5.58 Å². The molecule has 0 aliphatic carbocycles. The lowest BCUT2D eigenvalue weighted by Gasteiger charge is -2.46. The average molecular weight is 1050 g/mol. The van der Waals surface area contributed by atoms with Gasteiger partial charge in [0.25, 0.3) is 0 Å². The molecule has 5 heteroatoms. The van der Waals surface area contributed by atoms with E-state index in [4.69, 9.17) is 4.42 Å². The Balaban J connectivity index is 1.12. The maximum atomic E-state index is 7.27. The summed E-state index contributed by atoms with van der Waals surface area (Å²) in [5, 5.41) is 2.23. The third-order valence-electron chi connectivity index (χ3n) is 17.2. The third-order valence-corrected chi connectivity index (χ3v) is 17.2. The molecule has 0 N–H and O–H groups in total. The van der Waals surface area contributed by atoms with Crippen molar-refractivity contribution < 1.29 is 4.42 Å². The van der Waals surface area contributed by atoms with Gasteiger partial charge in [-0.15, -0.1) is 0 Å². The molecule has 0 radical (unpaired) electrons. The number of benzene rings is 10. The number of nitrogens with zero attached hydrogens (tertiary/aromatic N) is 3. The summed E-state index contributed by atoms with van der Waals surface area (Å²) in [5.41, 5.74) is 26.0. The molecule has 2 aliphatic heterocycles. The van der Waals surface area contributed by atoms with Crippen molar-refractivity contribution in [2.24, 2.45) is 0 Å². The molecule has 0 amide bonds. The third kappa shape index (κ3) is 9.81. The molecule has 0 unspecified atom stereocenters. The fraction of sp³-hybridized carbons (Fsp3) is 0.211. The lowest BCUT2D eigenvalue weighted by Crippen LogP contribution is -2.61. The van der Waals surface area contributed by atoms with Crippen molar-refractivity contribution in [3.8, 4) is 33.4 Å². The molecular formula is C76H72BN3O. The summed E-state index contributed by atoms with van der Waals surface area (Å²) in [4.78, 5) is 7.73. The van der Waals surface area contributed by atoms with Crippen LogP contribution in [0.1, 0.15) is 101 Å². The first-order valence-electron chi connectivity index (χ1n) is 30.2. The van der Waals surface area contributed by atoms with Crippen LogP contribution in [-0.4, -0.2) is 6.85 Å². The van der Waals surface area contributed by atoms with Crippen LogP contribution < -0.4 is 25.5 Å². The van der Waals surface area contributed by atoms with Crippen molar-refractivity contribution in [2.75, 3.05) is 14.6 Å². The molecule has 0 saturated heterocycles. The van der Waals surface area contributed by atoms with E-state index < -0.39 is 0 Å². The van der Waals surface area contributed by atoms with Crippen LogP contribution in [0.2, 0.25) is 0 Å². The van der Waals surface area contributed by atoms with Gasteiger partial charge in [-0.25, -0.2) is 0 Å². The number of para-hydroxylation sites is 1. The lowest BCUT2D eigenvalue weighted by atomic mass is 9.43. The Labute approximate surface area is 480 Å². The highest BCUT2D eigenvalue weighted by Crippen LogP contribution is 2.53. The van der Waals surface area contributed by atoms with Crippen molar-refractivity contribution in [1.82, 2.24) is 0 Å². The number of anilines is 8. The molecule has 13 rings (SSSR count). The molecule has 0 saturated carbocycles. The van der Waals surface area contributed by atoms with Crippen molar-refractivity contribution in [2.45, 2.75) is 105 Å². The van der Waals surface area contributed by atoms with Gasteiger partial charge < -0.3 is 19.0 Å². The van der Waals surface area contributed by atoms with E-state index in [0.717, 1.165) is 107 Å². The minimum atomic E-state index is -0.213. The number of rotatable bonds is 19. The Morgan fingerprint density at radius 3 is 1.57 bits per heavy atom. The van der Waals surface area contributed by atoms with Gasteiger partial charge >= 0.3 is 6.85 Å². The van der Waals surface area contributed by atoms with E-state index in [9.17, 15) is 0 Å². The molecule has 0 fully saturated rings. The first kappa shape index (κ1) is 51.9. The smallest absolute Gasteiger partial charge is 0.333 e. The quantitative estimate of drug-likeness (QED) is 0.0753. The van der Waals surface area contributed by atoms with Gasteiger partial charge in [-0.3, -0.25) is 0 Å². The molecule has 0 spiro atoms. The molecule has 1 aromatic heterocycles. The Morgan fingerprint density at radius 2 is 0.938 bits per heavy atom. The second kappa shape index (κ2) is 22.9. The molecule has 4 nitrogen and oxygen atoms in total. The van der Waals surface area contributed by atoms with Gasteiger partial charge in [0.15, 0.2) is 5.58 Å². The highest BCUT2D eigenvalue weighted by Gasteiger charge is 2.47. The van der Waals surface area contributed by atoms with Gasteiger partial charge in [-0.05, 0) is 192 Å². The minimum absolute atomic E-state index is 0.213. The van der Waals surface area contributed by atoms with E-state index in [2.05, 4.69) is 261 Å². The Hall–Kier alpha value is -8.54. The highest BCUT2D eigenvalue weighted by atomic mass is 16.3. The monoisotopic (exact) mass is 1050 g/mol. The van der Waals surface area contributed by atoms with Crippen LogP contribution in [0.5, 0.6) is 0 Å². The van der Waals surface area contributed by atoms with E-state index >= 15 is 0 Å². The lowest BCUT2D eigenvalue weighted by molar-refractivity contribution is 0.669. The highest BCUT2D eigenvalue weighted by molar-refractivity contribution is 6.94. The summed E-state index contributed by atoms with van der Waals surface area (Å²) in [6, 6.07) is 83.1. The van der Waals surface area contributed by atoms with Gasteiger partial charge in [-0.2, -0.15) is 0 Å². The SMILES string of the molecule is CCCCc1ccc(N2B3c4ccc5c(oc6ccccc65)c4N(c4ccc(CCCC)cc4-c4ccccc4)c4cc(-c5ccccc5)cc(c43)-c3cc(N(c4ccc(CCCC)cc4)c4ccc(CCCC)cc4)ccc32)cc1. The fourth-order valence-corrected chi connectivity index (χ4v) is 12.9. The van der Waals surface area contributed by atoms with E-state index in [1.807, 2.05) is 0 Å². The predicted molar refractivity (Wildman–Crippen MR) is 347 cm³/mol. The number of hydrogen-bond donors (Lipinski definition) is 0. The van der Waals surface area contributed by atoms with Gasteiger partial charge in [-0.1, -0.05) is 187 Å². The fourth-order valence-electron chi connectivity index (χ4n) is 12.9. The van der Waals surface area contributed by atoms with Crippen molar-refractivity contribution in [1.29, 1.82) is 0 Å². The molecular weight excluding hydrogens is 982 g/mol. The predicted octanol–water partition coefficient (Wildman–Crippen LogP) is 20.5. The number of unbranched alkanes of at least 4 members (excludes halogenated alkanes) is 4. The van der Waals surface area contributed by atoms with Crippen molar-refractivity contribution in [3.05, 3.63) is 241 Å². The Kier molecular flexibility index (Phi) is 14.7. The Morgan fingerprint density at radius 1 is 0.395 bits per heavy atom.